The van der Waals surface area contributed by atoms with Crippen LogP contribution in [-0.2, 0) is 19.4 Å². The smallest absolute Gasteiger partial charge is 0.150 e. The molecule has 1 unspecified atom stereocenters. The Hall–Kier alpha value is -1.93. The third-order valence-corrected chi connectivity index (χ3v) is 4.70. The van der Waals surface area contributed by atoms with Gasteiger partial charge in [0.25, 0.3) is 0 Å². The zero-order valence-corrected chi connectivity index (χ0v) is 11.4. The number of carbonyl (C=O) groups excluding carboxylic acids is 1. The van der Waals surface area contributed by atoms with Gasteiger partial charge in [-0.2, -0.15) is 0 Å². The summed E-state index contributed by atoms with van der Waals surface area (Å²) >= 11 is 0. The summed E-state index contributed by atoms with van der Waals surface area (Å²) in [4.78, 5) is 13.9. The number of nitrogens with zero attached hydrogens (tertiary/aromatic N) is 1. The maximum atomic E-state index is 11.4. The maximum absolute atomic E-state index is 11.4. The molecule has 0 spiro atoms. The molecule has 100 valence electrons. The molecule has 0 aliphatic carbocycles. The molecule has 0 saturated carbocycles. The summed E-state index contributed by atoms with van der Waals surface area (Å²) in [6.45, 7) is 2.10. The molecule has 2 heterocycles. The van der Waals surface area contributed by atoms with Crippen molar-refractivity contribution in [3.8, 4) is 0 Å². The van der Waals surface area contributed by atoms with E-state index in [-0.39, 0.29) is 0 Å². The molecule has 4 rings (SSSR count). The fourth-order valence-corrected chi connectivity index (χ4v) is 3.72. The van der Waals surface area contributed by atoms with E-state index in [0.717, 1.165) is 37.8 Å². The average molecular weight is 263 g/mol. The minimum absolute atomic E-state index is 0.370. The lowest BCUT2D eigenvalue weighted by Crippen LogP contribution is -2.39. The van der Waals surface area contributed by atoms with Gasteiger partial charge in [-0.15, -0.1) is 0 Å². The normalized spacial score (nSPS) is 20.7. The van der Waals surface area contributed by atoms with Gasteiger partial charge in [-0.3, -0.25) is 9.69 Å². The topological polar surface area (TPSA) is 20.3 Å². The molecule has 0 saturated heterocycles. The van der Waals surface area contributed by atoms with Gasteiger partial charge >= 0.3 is 0 Å². The Morgan fingerprint density at radius 2 is 1.80 bits per heavy atom. The van der Waals surface area contributed by atoms with E-state index in [9.17, 15) is 4.79 Å². The highest BCUT2D eigenvalue weighted by Crippen LogP contribution is 2.39. The van der Waals surface area contributed by atoms with E-state index < -0.39 is 0 Å². The lowest BCUT2D eigenvalue weighted by atomic mass is 9.82. The summed E-state index contributed by atoms with van der Waals surface area (Å²) < 4.78 is 0. The van der Waals surface area contributed by atoms with Crippen LogP contribution < -0.4 is 0 Å². The van der Waals surface area contributed by atoms with Gasteiger partial charge in [0.05, 0.1) is 0 Å². The van der Waals surface area contributed by atoms with Gasteiger partial charge in [-0.25, -0.2) is 0 Å². The minimum atomic E-state index is 0.370. The number of aldehydes is 1. The van der Waals surface area contributed by atoms with E-state index in [0.29, 0.717) is 6.04 Å². The van der Waals surface area contributed by atoms with E-state index in [1.165, 1.54) is 22.3 Å². The van der Waals surface area contributed by atoms with Crippen LogP contribution in [0.5, 0.6) is 0 Å². The van der Waals surface area contributed by atoms with Crippen molar-refractivity contribution in [1.82, 2.24) is 4.90 Å². The second-order valence-corrected chi connectivity index (χ2v) is 5.75. The highest BCUT2D eigenvalue weighted by atomic mass is 16.1. The Balaban J connectivity index is 1.83. The fraction of sp³-hybridized carbons (Fsp3) is 0.278. The average Bonchev–Trinajstić information content (AvgIpc) is 2.52. The molecule has 2 aliphatic rings. The molecule has 0 fully saturated rings. The highest BCUT2D eigenvalue weighted by molar-refractivity contribution is 5.78. The standard InChI is InChI=1S/C18H17NO/c20-12-16-7-3-6-13-8-9-19-11-15-5-2-1-4-14(15)10-17(19)18(13)16/h1-7,12,17H,8-11H2. The van der Waals surface area contributed by atoms with Gasteiger partial charge in [0.15, 0.2) is 0 Å². The van der Waals surface area contributed by atoms with Crippen molar-refractivity contribution in [3.63, 3.8) is 0 Å². The quantitative estimate of drug-likeness (QED) is 0.737. The number of hydrogen-bond acceptors (Lipinski definition) is 2. The van der Waals surface area contributed by atoms with Crippen molar-refractivity contribution >= 4 is 6.29 Å². The van der Waals surface area contributed by atoms with Gasteiger partial charge in [-0.05, 0) is 35.1 Å². The minimum Gasteiger partial charge on any atom is -0.298 e. The SMILES string of the molecule is O=Cc1cccc2c1C1Cc3ccccc3CN1CC2. The zero-order valence-electron chi connectivity index (χ0n) is 11.4. The number of hydrogen-bond donors (Lipinski definition) is 0. The largest absolute Gasteiger partial charge is 0.298 e. The van der Waals surface area contributed by atoms with Crippen LogP contribution in [0.2, 0.25) is 0 Å². The second kappa shape index (κ2) is 4.57. The summed E-state index contributed by atoms with van der Waals surface area (Å²) in [7, 11) is 0. The lowest BCUT2D eigenvalue weighted by molar-refractivity contribution is 0.111. The Bertz CT molecular complexity index is 677. The predicted octanol–water partition coefficient (Wildman–Crippen LogP) is 3.15. The molecule has 0 aromatic heterocycles. The molecule has 2 aliphatic heterocycles. The first kappa shape index (κ1) is 11.9. The first-order chi connectivity index (χ1) is 9.86. The summed E-state index contributed by atoms with van der Waals surface area (Å²) in [6, 6.07) is 15.2. The molecule has 0 bridgehead atoms. The molecule has 2 nitrogen and oxygen atoms in total. The van der Waals surface area contributed by atoms with Crippen LogP contribution in [0.3, 0.4) is 0 Å². The molecule has 0 radical (unpaired) electrons. The van der Waals surface area contributed by atoms with E-state index in [4.69, 9.17) is 0 Å². The summed E-state index contributed by atoms with van der Waals surface area (Å²) in [5, 5.41) is 0. The van der Waals surface area contributed by atoms with Crippen LogP contribution in [0.25, 0.3) is 0 Å². The zero-order chi connectivity index (χ0) is 13.5. The molecule has 0 N–H and O–H groups in total. The van der Waals surface area contributed by atoms with Crippen LogP contribution in [0.1, 0.15) is 38.7 Å². The van der Waals surface area contributed by atoms with Crippen molar-refractivity contribution < 1.29 is 4.79 Å². The molecular weight excluding hydrogens is 246 g/mol. The van der Waals surface area contributed by atoms with Crippen molar-refractivity contribution in [2.75, 3.05) is 6.54 Å². The Morgan fingerprint density at radius 1 is 1.00 bits per heavy atom. The third-order valence-electron chi connectivity index (χ3n) is 4.70. The van der Waals surface area contributed by atoms with E-state index in [1.54, 1.807) is 0 Å². The van der Waals surface area contributed by atoms with E-state index in [2.05, 4.69) is 35.2 Å². The fourth-order valence-electron chi connectivity index (χ4n) is 3.72. The van der Waals surface area contributed by atoms with Gasteiger partial charge in [0.1, 0.15) is 6.29 Å². The van der Waals surface area contributed by atoms with Crippen LogP contribution in [0, 0.1) is 0 Å². The number of rotatable bonds is 1. The van der Waals surface area contributed by atoms with Gasteiger partial charge in [-0.1, -0.05) is 42.5 Å². The molecule has 2 aromatic rings. The molecule has 1 atom stereocenters. The number of carbonyl (C=O) groups is 1. The van der Waals surface area contributed by atoms with Crippen molar-refractivity contribution in [2.45, 2.75) is 25.4 Å². The molecular formula is C18H17NO. The Labute approximate surface area is 119 Å². The Morgan fingerprint density at radius 3 is 2.65 bits per heavy atom. The molecule has 2 heteroatoms. The summed E-state index contributed by atoms with van der Waals surface area (Å²) in [6.07, 6.45) is 3.09. The van der Waals surface area contributed by atoms with E-state index in [1.807, 2.05) is 12.1 Å². The van der Waals surface area contributed by atoms with Crippen LogP contribution in [0.15, 0.2) is 42.5 Å². The lowest BCUT2D eigenvalue weighted by Gasteiger charge is -2.42. The first-order valence-electron chi connectivity index (χ1n) is 7.24. The van der Waals surface area contributed by atoms with Gasteiger partial charge in [0, 0.05) is 24.7 Å². The predicted molar refractivity (Wildman–Crippen MR) is 78.8 cm³/mol. The number of fused-ring (bicyclic) bond motifs is 4. The van der Waals surface area contributed by atoms with Gasteiger partial charge in [0.2, 0.25) is 0 Å². The van der Waals surface area contributed by atoms with Crippen LogP contribution >= 0.6 is 0 Å². The molecule has 20 heavy (non-hydrogen) atoms. The number of benzene rings is 2. The van der Waals surface area contributed by atoms with E-state index >= 15 is 0 Å². The van der Waals surface area contributed by atoms with Gasteiger partial charge < -0.3 is 0 Å². The first-order valence-corrected chi connectivity index (χ1v) is 7.24. The van der Waals surface area contributed by atoms with Crippen molar-refractivity contribution in [1.29, 1.82) is 0 Å². The monoisotopic (exact) mass is 263 g/mol. The molecule has 0 amide bonds. The summed E-state index contributed by atoms with van der Waals surface area (Å²) in [5.41, 5.74) is 6.37. The maximum Gasteiger partial charge on any atom is 0.150 e. The van der Waals surface area contributed by atoms with Crippen LogP contribution in [0.4, 0.5) is 0 Å². The molecule has 2 aromatic carbocycles. The van der Waals surface area contributed by atoms with Crippen LogP contribution in [-0.4, -0.2) is 17.7 Å². The highest BCUT2D eigenvalue weighted by Gasteiger charge is 2.33. The van der Waals surface area contributed by atoms with Crippen molar-refractivity contribution in [3.05, 3.63) is 70.3 Å². The summed E-state index contributed by atoms with van der Waals surface area (Å²) in [5.74, 6) is 0. The Kier molecular flexibility index (Phi) is 2.71. The third kappa shape index (κ3) is 1.72. The second-order valence-electron chi connectivity index (χ2n) is 5.75. The van der Waals surface area contributed by atoms with Crippen molar-refractivity contribution in [2.24, 2.45) is 0 Å².